The van der Waals surface area contributed by atoms with Gasteiger partial charge in [-0.25, -0.2) is 0 Å². The van der Waals surface area contributed by atoms with Gasteiger partial charge in [-0.2, -0.15) is 0 Å². The van der Waals surface area contributed by atoms with Crippen LogP contribution in [0.2, 0.25) is 0 Å². The van der Waals surface area contributed by atoms with Gasteiger partial charge in [0.25, 0.3) is 0 Å². The fourth-order valence-corrected chi connectivity index (χ4v) is 2.35. The smallest absolute Gasteiger partial charge is 0.146 e. The summed E-state index contributed by atoms with van der Waals surface area (Å²) in [5, 5.41) is 0. The first kappa shape index (κ1) is 10.3. The highest BCUT2D eigenvalue weighted by Gasteiger charge is 2.32. The van der Waals surface area contributed by atoms with E-state index in [0.717, 1.165) is 13.0 Å². The summed E-state index contributed by atoms with van der Waals surface area (Å²) in [5.41, 5.74) is 1.29. The fourth-order valence-electron chi connectivity index (χ4n) is 2.35. The van der Waals surface area contributed by atoms with E-state index in [1.807, 2.05) is 31.6 Å². The molecule has 0 radical (unpaired) electrons. The first-order chi connectivity index (χ1) is 7.18. The van der Waals surface area contributed by atoms with E-state index in [1.165, 1.54) is 5.56 Å². The maximum absolute atomic E-state index is 11.4. The highest BCUT2D eigenvalue weighted by Crippen LogP contribution is 2.30. The molecule has 0 aromatic carbocycles. The number of rotatable bonds is 2. The van der Waals surface area contributed by atoms with Crippen molar-refractivity contribution in [3.8, 4) is 0 Å². The largest absolute Gasteiger partial charge is 0.298 e. The summed E-state index contributed by atoms with van der Waals surface area (Å²) >= 11 is 0. The second-order valence-electron chi connectivity index (χ2n) is 4.28. The normalized spacial score (nSPS) is 26.8. The lowest BCUT2D eigenvalue weighted by Crippen LogP contribution is -2.30. The first-order valence-corrected chi connectivity index (χ1v) is 5.29. The summed E-state index contributed by atoms with van der Waals surface area (Å²) in [6.45, 7) is 2.64. The quantitative estimate of drug-likeness (QED) is 0.731. The number of nitrogens with zero attached hydrogens (tertiary/aromatic N) is 2. The fraction of sp³-hybridized carbons (Fsp3) is 0.500. The highest BCUT2D eigenvalue weighted by atomic mass is 16.1. The number of carbonyl (C=O) groups is 1. The van der Waals surface area contributed by atoms with Crippen LogP contribution < -0.4 is 0 Å². The van der Waals surface area contributed by atoms with Gasteiger partial charge in [0.15, 0.2) is 0 Å². The van der Waals surface area contributed by atoms with Crippen molar-refractivity contribution in [2.75, 3.05) is 13.6 Å². The number of pyridine rings is 1. The van der Waals surface area contributed by atoms with E-state index in [4.69, 9.17) is 0 Å². The molecule has 3 heteroatoms. The average Bonchev–Trinajstić information content (AvgIpc) is 2.62. The predicted octanol–water partition coefficient (Wildman–Crippen LogP) is 1.46. The van der Waals surface area contributed by atoms with Crippen molar-refractivity contribution < 1.29 is 4.79 Å². The lowest BCUT2D eigenvalue weighted by Gasteiger charge is -2.14. The number of likely N-dealkylation sites (N-methyl/N-ethyl adjacent to an activating group) is 1. The average molecular weight is 204 g/mol. The van der Waals surface area contributed by atoms with Crippen molar-refractivity contribution in [1.29, 1.82) is 0 Å². The molecule has 2 atom stereocenters. The summed E-state index contributed by atoms with van der Waals surface area (Å²) in [7, 11) is 2.02. The molecule has 1 fully saturated rings. The van der Waals surface area contributed by atoms with Crippen LogP contribution in [0.25, 0.3) is 0 Å². The van der Waals surface area contributed by atoms with Crippen molar-refractivity contribution in [3.05, 3.63) is 30.1 Å². The Morgan fingerprint density at radius 1 is 1.47 bits per heavy atom. The van der Waals surface area contributed by atoms with Crippen LogP contribution in [0, 0.1) is 0 Å². The van der Waals surface area contributed by atoms with Gasteiger partial charge < -0.3 is 0 Å². The number of likely N-dealkylation sites (tertiary alicyclic amines) is 1. The van der Waals surface area contributed by atoms with Gasteiger partial charge in [0.05, 0.1) is 6.04 Å². The van der Waals surface area contributed by atoms with Gasteiger partial charge in [-0.1, -0.05) is 0 Å². The van der Waals surface area contributed by atoms with Gasteiger partial charge in [0, 0.05) is 18.9 Å². The monoisotopic (exact) mass is 204 g/mol. The van der Waals surface area contributed by atoms with Crippen molar-refractivity contribution >= 4 is 5.78 Å². The lowest BCUT2D eigenvalue weighted by atomic mass is 9.96. The minimum absolute atomic E-state index is 0.100. The molecule has 0 aliphatic carbocycles. The molecule has 80 valence electrons. The minimum atomic E-state index is 0.100. The summed E-state index contributed by atoms with van der Waals surface area (Å²) in [5.74, 6) is 0.751. The third-order valence-corrected chi connectivity index (χ3v) is 3.19. The van der Waals surface area contributed by atoms with Crippen LogP contribution in [0.1, 0.15) is 24.8 Å². The maximum Gasteiger partial charge on any atom is 0.146 e. The number of Topliss-reactive ketones (excluding diaryl/α,β-unsaturated/α-hetero) is 1. The second kappa shape index (κ2) is 4.11. The molecule has 15 heavy (non-hydrogen) atoms. The Morgan fingerprint density at radius 3 is 2.67 bits per heavy atom. The first-order valence-electron chi connectivity index (χ1n) is 5.29. The molecule has 1 aliphatic heterocycles. The molecule has 2 heterocycles. The van der Waals surface area contributed by atoms with Gasteiger partial charge in [-0.3, -0.25) is 14.7 Å². The molecule has 0 saturated carbocycles. The van der Waals surface area contributed by atoms with Crippen LogP contribution in [-0.4, -0.2) is 35.3 Å². The molecule has 3 nitrogen and oxygen atoms in total. The number of ketones is 1. The standard InChI is InChI=1S/C12H16N2O/c1-9(15)12-7-11(8-14(12)2)10-3-5-13-6-4-10/h3-6,11-12H,7-8H2,1-2H3. The molecule has 0 spiro atoms. The zero-order chi connectivity index (χ0) is 10.8. The molecule has 0 N–H and O–H groups in total. The topological polar surface area (TPSA) is 33.2 Å². The van der Waals surface area contributed by atoms with Gasteiger partial charge in [-0.05, 0) is 44.0 Å². The van der Waals surface area contributed by atoms with E-state index in [2.05, 4.69) is 9.88 Å². The van der Waals surface area contributed by atoms with Crippen LogP contribution in [0.4, 0.5) is 0 Å². The molecule has 2 rings (SSSR count). The third kappa shape index (κ3) is 2.07. The molecule has 1 aromatic heterocycles. The number of hydrogen-bond acceptors (Lipinski definition) is 3. The lowest BCUT2D eigenvalue weighted by molar-refractivity contribution is -0.120. The minimum Gasteiger partial charge on any atom is -0.298 e. The molecular weight excluding hydrogens is 188 g/mol. The van der Waals surface area contributed by atoms with Crippen molar-refractivity contribution in [2.45, 2.75) is 25.3 Å². The van der Waals surface area contributed by atoms with E-state index < -0.39 is 0 Å². The van der Waals surface area contributed by atoms with Crippen LogP contribution in [0.15, 0.2) is 24.5 Å². The highest BCUT2D eigenvalue weighted by molar-refractivity contribution is 5.81. The molecule has 1 aliphatic rings. The Labute approximate surface area is 90.1 Å². The molecule has 1 saturated heterocycles. The zero-order valence-electron chi connectivity index (χ0n) is 9.18. The third-order valence-electron chi connectivity index (χ3n) is 3.19. The number of carbonyl (C=O) groups excluding carboxylic acids is 1. The van der Waals surface area contributed by atoms with Crippen LogP contribution in [-0.2, 0) is 4.79 Å². The van der Waals surface area contributed by atoms with E-state index in [9.17, 15) is 4.79 Å². The molecular formula is C12H16N2O. The van der Waals surface area contributed by atoms with E-state index >= 15 is 0 Å². The van der Waals surface area contributed by atoms with Gasteiger partial charge in [0.2, 0.25) is 0 Å². The molecule has 2 unspecified atom stereocenters. The molecule has 0 amide bonds. The Bertz CT molecular complexity index is 350. The Hall–Kier alpha value is -1.22. The Balaban J connectivity index is 2.13. The van der Waals surface area contributed by atoms with Crippen LogP contribution in [0.5, 0.6) is 0 Å². The van der Waals surface area contributed by atoms with E-state index in [-0.39, 0.29) is 11.8 Å². The van der Waals surface area contributed by atoms with Crippen LogP contribution in [0.3, 0.4) is 0 Å². The maximum atomic E-state index is 11.4. The summed E-state index contributed by atoms with van der Waals surface area (Å²) in [6, 6.07) is 4.19. The van der Waals surface area contributed by atoms with Crippen molar-refractivity contribution in [2.24, 2.45) is 0 Å². The van der Waals surface area contributed by atoms with Gasteiger partial charge in [0.1, 0.15) is 5.78 Å². The van der Waals surface area contributed by atoms with Crippen molar-refractivity contribution in [3.63, 3.8) is 0 Å². The van der Waals surface area contributed by atoms with Gasteiger partial charge in [-0.15, -0.1) is 0 Å². The summed E-state index contributed by atoms with van der Waals surface area (Å²) in [4.78, 5) is 17.5. The number of aromatic nitrogens is 1. The van der Waals surface area contributed by atoms with E-state index in [1.54, 1.807) is 6.92 Å². The Kier molecular flexibility index (Phi) is 2.82. The molecule has 1 aromatic rings. The number of hydrogen-bond donors (Lipinski definition) is 0. The zero-order valence-corrected chi connectivity index (χ0v) is 9.18. The van der Waals surface area contributed by atoms with Gasteiger partial charge >= 0.3 is 0 Å². The second-order valence-corrected chi connectivity index (χ2v) is 4.28. The predicted molar refractivity (Wildman–Crippen MR) is 58.7 cm³/mol. The summed E-state index contributed by atoms with van der Waals surface area (Å²) < 4.78 is 0. The van der Waals surface area contributed by atoms with Crippen molar-refractivity contribution in [1.82, 2.24) is 9.88 Å². The summed E-state index contributed by atoms with van der Waals surface area (Å²) in [6.07, 6.45) is 4.57. The van der Waals surface area contributed by atoms with Crippen LogP contribution >= 0.6 is 0 Å². The molecule has 0 bridgehead atoms. The van der Waals surface area contributed by atoms with E-state index in [0.29, 0.717) is 5.92 Å². The Morgan fingerprint density at radius 2 is 2.13 bits per heavy atom. The SMILES string of the molecule is CC(=O)C1CC(c2ccncc2)CN1C.